The van der Waals surface area contributed by atoms with Gasteiger partial charge in [0, 0.05) is 13.1 Å². The maximum absolute atomic E-state index is 12.1. The molecule has 1 aliphatic rings. The lowest BCUT2D eigenvalue weighted by molar-refractivity contribution is -0.126. The van der Waals surface area contributed by atoms with E-state index in [1.807, 2.05) is 0 Å². The minimum Gasteiger partial charge on any atom is -0.510 e. The molecule has 0 aromatic carbocycles. The summed E-state index contributed by atoms with van der Waals surface area (Å²) in [5.74, 6) is -0.592. The van der Waals surface area contributed by atoms with Crippen LogP contribution in [-0.4, -0.2) is 40.7 Å². The molecule has 1 rings (SSSR count). The first-order valence-electron chi connectivity index (χ1n) is 6.40. The SMILES string of the molecule is C/C(O)=C(\NC(=O)OC(C)(C)C)C(=O)N1CCCC1. The number of likely N-dealkylation sites (tertiary alicyclic amines) is 1. The van der Waals surface area contributed by atoms with Crippen LogP contribution >= 0.6 is 0 Å². The molecule has 0 aliphatic carbocycles. The number of allylic oxidation sites excluding steroid dienone is 1. The summed E-state index contributed by atoms with van der Waals surface area (Å²) in [6.07, 6.45) is 1.13. The molecule has 2 amide bonds. The monoisotopic (exact) mass is 270 g/mol. The molecule has 2 N–H and O–H groups in total. The molecule has 0 atom stereocenters. The van der Waals surface area contributed by atoms with Crippen molar-refractivity contribution < 1.29 is 19.4 Å². The predicted octanol–water partition coefficient (Wildman–Crippen LogP) is 1.92. The molecule has 0 radical (unpaired) electrons. The third kappa shape index (κ3) is 4.81. The predicted molar refractivity (Wildman–Crippen MR) is 70.5 cm³/mol. The summed E-state index contributed by atoms with van der Waals surface area (Å²) in [7, 11) is 0. The number of nitrogens with one attached hydrogen (secondary N) is 1. The van der Waals surface area contributed by atoms with E-state index in [1.165, 1.54) is 6.92 Å². The van der Waals surface area contributed by atoms with E-state index in [0.29, 0.717) is 13.1 Å². The number of alkyl carbamates (subject to hydrolysis) is 1. The average molecular weight is 270 g/mol. The zero-order chi connectivity index (χ0) is 14.6. The van der Waals surface area contributed by atoms with Gasteiger partial charge in [-0.15, -0.1) is 0 Å². The lowest BCUT2D eigenvalue weighted by atomic mass is 10.2. The van der Waals surface area contributed by atoms with Gasteiger partial charge in [-0.1, -0.05) is 0 Å². The standard InChI is InChI=1S/C13H22N2O4/c1-9(16)10(11(17)15-7-5-6-8-15)14-12(18)19-13(2,3)4/h16H,5-8H2,1-4H3,(H,14,18)/b10-9+. The van der Waals surface area contributed by atoms with Crippen LogP contribution in [0.4, 0.5) is 4.79 Å². The van der Waals surface area contributed by atoms with Crippen molar-refractivity contribution in [3.05, 3.63) is 11.5 Å². The first-order valence-corrected chi connectivity index (χ1v) is 6.40. The van der Waals surface area contributed by atoms with E-state index in [0.717, 1.165) is 12.8 Å². The van der Waals surface area contributed by atoms with Crippen molar-refractivity contribution in [2.45, 2.75) is 46.1 Å². The minimum absolute atomic E-state index is 0.115. The fraction of sp³-hybridized carbons (Fsp3) is 0.692. The van der Waals surface area contributed by atoms with Crippen LogP contribution in [0.1, 0.15) is 40.5 Å². The van der Waals surface area contributed by atoms with Gasteiger partial charge in [-0.25, -0.2) is 4.79 Å². The molecule has 1 aliphatic heterocycles. The minimum atomic E-state index is -0.747. The third-order valence-corrected chi connectivity index (χ3v) is 2.59. The highest BCUT2D eigenvalue weighted by Crippen LogP contribution is 2.13. The van der Waals surface area contributed by atoms with Gasteiger partial charge in [0.05, 0.1) is 0 Å². The highest BCUT2D eigenvalue weighted by Gasteiger charge is 2.26. The smallest absolute Gasteiger partial charge is 0.412 e. The summed E-state index contributed by atoms with van der Waals surface area (Å²) >= 11 is 0. The Morgan fingerprint density at radius 3 is 2.16 bits per heavy atom. The Labute approximate surface area is 113 Å². The Hall–Kier alpha value is -1.72. The van der Waals surface area contributed by atoms with Crippen molar-refractivity contribution in [1.82, 2.24) is 10.2 Å². The Balaban J connectivity index is 2.72. The van der Waals surface area contributed by atoms with Gasteiger partial charge in [-0.05, 0) is 40.5 Å². The van der Waals surface area contributed by atoms with Crippen molar-refractivity contribution >= 4 is 12.0 Å². The number of amides is 2. The number of aliphatic hydroxyl groups is 1. The average Bonchev–Trinajstić information content (AvgIpc) is 2.75. The van der Waals surface area contributed by atoms with E-state index in [2.05, 4.69) is 5.32 Å². The number of carbonyl (C=O) groups excluding carboxylic acids is 2. The zero-order valence-corrected chi connectivity index (χ0v) is 11.9. The van der Waals surface area contributed by atoms with Gasteiger partial charge in [0.2, 0.25) is 0 Å². The molecular formula is C13H22N2O4. The summed E-state index contributed by atoms with van der Waals surface area (Å²) in [5, 5.41) is 11.9. The summed E-state index contributed by atoms with van der Waals surface area (Å²) in [4.78, 5) is 25.4. The Morgan fingerprint density at radius 1 is 1.21 bits per heavy atom. The van der Waals surface area contributed by atoms with Gasteiger partial charge in [0.15, 0.2) is 0 Å². The van der Waals surface area contributed by atoms with Gasteiger partial charge in [-0.3, -0.25) is 10.1 Å². The van der Waals surface area contributed by atoms with Crippen molar-refractivity contribution in [3.8, 4) is 0 Å². The second-order valence-corrected chi connectivity index (χ2v) is 5.59. The van der Waals surface area contributed by atoms with Crippen LogP contribution in [0.25, 0.3) is 0 Å². The van der Waals surface area contributed by atoms with Crippen LogP contribution in [0.2, 0.25) is 0 Å². The van der Waals surface area contributed by atoms with E-state index < -0.39 is 11.7 Å². The van der Waals surface area contributed by atoms with Gasteiger partial charge < -0.3 is 14.7 Å². The lowest BCUT2D eigenvalue weighted by Crippen LogP contribution is -2.40. The van der Waals surface area contributed by atoms with Crippen molar-refractivity contribution in [1.29, 1.82) is 0 Å². The fourth-order valence-corrected chi connectivity index (χ4v) is 1.78. The fourth-order valence-electron chi connectivity index (χ4n) is 1.78. The summed E-state index contributed by atoms with van der Waals surface area (Å²) in [6, 6.07) is 0. The molecule has 0 aromatic rings. The largest absolute Gasteiger partial charge is 0.510 e. The Bertz CT molecular complexity index is 386. The van der Waals surface area contributed by atoms with E-state index in [4.69, 9.17) is 4.74 Å². The normalized spacial score (nSPS) is 16.9. The summed E-state index contributed by atoms with van der Waals surface area (Å²) < 4.78 is 5.07. The van der Waals surface area contributed by atoms with Gasteiger partial charge >= 0.3 is 6.09 Å². The summed E-state index contributed by atoms with van der Waals surface area (Å²) in [5.41, 5.74) is -0.772. The lowest BCUT2D eigenvalue weighted by Gasteiger charge is -2.22. The summed E-state index contributed by atoms with van der Waals surface area (Å²) in [6.45, 7) is 7.83. The van der Waals surface area contributed by atoms with Crippen LogP contribution in [-0.2, 0) is 9.53 Å². The second kappa shape index (κ2) is 5.95. The molecule has 0 saturated carbocycles. The molecule has 1 saturated heterocycles. The third-order valence-electron chi connectivity index (χ3n) is 2.59. The molecule has 0 unspecified atom stereocenters. The second-order valence-electron chi connectivity index (χ2n) is 5.59. The van der Waals surface area contributed by atoms with Crippen LogP contribution in [0, 0.1) is 0 Å². The molecule has 1 heterocycles. The van der Waals surface area contributed by atoms with Gasteiger partial charge in [0.25, 0.3) is 5.91 Å². The molecule has 108 valence electrons. The number of hydrogen-bond acceptors (Lipinski definition) is 4. The molecule has 6 heteroatoms. The molecule has 1 fully saturated rings. The maximum atomic E-state index is 12.1. The van der Waals surface area contributed by atoms with Crippen LogP contribution in [0.15, 0.2) is 11.5 Å². The number of ether oxygens (including phenoxy) is 1. The van der Waals surface area contributed by atoms with Crippen LogP contribution in [0.3, 0.4) is 0 Å². The van der Waals surface area contributed by atoms with Gasteiger partial charge in [0.1, 0.15) is 17.1 Å². The number of nitrogens with zero attached hydrogens (tertiary/aromatic N) is 1. The molecule has 6 nitrogen and oxygen atoms in total. The molecule has 0 spiro atoms. The van der Waals surface area contributed by atoms with Gasteiger partial charge in [-0.2, -0.15) is 0 Å². The topological polar surface area (TPSA) is 78.9 Å². The number of hydrogen-bond donors (Lipinski definition) is 2. The van der Waals surface area contributed by atoms with Crippen LogP contribution < -0.4 is 5.32 Å². The molecular weight excluding hydrogens is 248 g/mol. The Morgan fingerprint density at radius 2 is 1.74 bits per heavy atom. The zero-order valence-electron chi connectivity index (χ0n) is 11.9. The quantitative estimate of drug-likeness (QED) is 0.593. The van der Waals surface area contributed by atoms with E-state index >= 15 is 0 Å². The van der Waals surface area contributed by atoms with Crippen molar-refractivity contribution in [2.75, 3.05) is 13.1 Å². The number of aliphatic hydroxyl groups excluding tert-OH is 1. The highest BCUT2D eigenvalue weighted by molar-refractivity contribution is 5.96. The van der Waals surface area contributed by atoms with Crippen LogP contribution in [0.5, 0.6) is 0 Å². The Kier molecular flexibility index (Phi) is 4.80. The molecule has 0 aromatic heterocycles. The van der Waals surface area contributed by atoms with Crippen molar-refractivity contribution in [3.63, 3.8) is 0 Å². The highest BCUT2D eigenvalue weighted by atomic mass is 16.6. The molecule has 0 bridgehead atoms. The van der Waals surface area contributed by atoms with Crippen molar-refractivity contribution in [2.24, 2.45) is 0 Å². The van der Waals surface area contributed by atoms with E-state index in [9.17, 15) is 14.7 Å². The first kappa shape index (κ1) is 15.3. The van der Waals surface area contributed by atoms with E-state index in [1.54, 1.807) is 25.7 Å². The first-order chi connectivity index (χ1) is 8.70. The maximum Gasteiger partial charge on any atom is 0.412 e. The number of rotatable bonds is 2. The van der Waals surface area contributed by atoms with E-state index in [-0.39, 0.29) is 17.4 Å². The number of carbonyl (C=O) groups is 2. The molecule has 19 heavy (non-hydrogen) atoms.